The molecule has 1 heterocycles. The summed E-state index contributed by atoms with van der Waals surface area (Å²) in [7, 11) is 0. The molecule has 2 aromatic carbocycles. The third-order valence-electron chi connectivity index (χ3n) is 3.38. The van der Waals surface area contributed by atoms with E-state index in [2.05, 4.69) is 35.7 Å². The van der Waals surface area contributed by atoms with E-state index in [-0.39, 0.29) is 11.9 Å². The van der Waals surface area contributed by atoms with Crippen LogP contribution >= 0.6 is 0 Å². The van der Waals surface area contributed by atoms with E-state index in [1.54, 1.807) is 24.3 Å². The molecule has 0 fully saturated rings. The number of rotatable bonds is 5. The fourth-order valence-corrected chi connectivity index (χ4v) is 2.06. The van der Waals surface area contributed by atoms with Gasteiger partial charge in [-0.2, -0.15) is 5.11 Å². The summed E-state index contributed by atoms with van der Waals surface area (Å²) in [4.78, 5) is 19.2. The average molecular weight is 359 g/mol. The van der Waals surface area contributed by atoms with Gasteiger partial charge in [-0.05, 0) is 43.3 Å². The van der Waals surface area contributed by atoms with Crippen LogP contribution in [0.3, 0.4) is 0 Å². The third kappa shape index (κ3) is 5.60. The number of carbonyl (C=O) groups is 1. The van der Waals surface area contributed by atoms with Gasteiger partial charge in [0.05, 0.1) is 23.8 Å². The second-order valence-electron chi connectivity index (χ2n) is 5.70. The van der Waals surface area contributed by atoms with Crippen LogP contribution in [0.5, 0.6) is 0 Å². The molecule has 0 unspecified atom stereocenters. The summed E-state index contributed by atoms with van der Waals surface area (Å²) in [5.41, 5.74) is 3.73. The van der Waals surface area contributed by atoms with Gasteiger partial charge in [0.2, 0.25) is 5.91 Å². The molecular formula is C19H17N7O. The molecule has 3 aromatic rings. The maximum absolute atomic E-state index is 11.0. The van der Waals surface area contributed by atoms with Crippen molar-refractivity contribution in [1.82, 2.24) is 9.97 Å². The Morgan fingerprint density at radius 2 is 1.30 bits per heavy atom. The number of carbonyl (C=O) groups excluding carboxylic acids is 1. The highest BCUT2D eigenvalue weighted by Crippen LogP contribution is 2.21. The summed E-state index contributed by atoms with van der Waals surface area (Å²) in [6.45, 7) is 3.46. The fourth-order valence-electron chi connectivity index (χ4n) is 2.06. The SMILES string of the molecule is CC(=O)Nc1ccc(N=Nc2cnc(N=Nc3ccc(C)cc3)nc2)cc1. The largest absolute Gasteiger partial charge is 0.326 e. The molecular weight excluding hydrogens is 342 g/mol. The highest BCUT2D eigenvalue weighted by molar-refractivity contribution is 5.88. The van der Waals surface area contributed by atoms with Crippen LogP contribution in [0.1, 0.15) is 12.5 Å². The van der Waals surface area contributed by atoms with E-state index in [9.17, 15) is 4.79 Å². The highest BCUT2D eigenvalue weighted by Gasteiger charge is 1.98. The second kappa shape index (κ2) is 8.52. The molecule has 0 aliphatic carbocycles. The van der Waals surface area contributed by atoms with Gasteiger partial charge in [-0.25, -0.2) is 9.97 Å². The zero-order chi connectivity index (χ0) is 19.1. The lowest BCUT2D eigenvalue weighted by Crippen LogP contribution is -2.04. The molecule has 0 bridgehead atoms. The molecule has 0 aliphatic heterocycles. The lowest BCUT2D eigenvalue weighted by molar-refractivity contribution is -0.114. The monoisotopic (exact) mass is 359 g/mol. The Kier molecular flexibility index (Phi) is 5.68. The molecule has 0 radical (unpaired) electrons. The first-order valence-electron chi connectivity index (χ1n) is 8.18. The van der Waals surface area contributed by atoms with E-state index in [4.69, 9.17) is 0 Å². The van der Waals surface area contributed by atoms with Crippen molar-refractivity contribution in [3.8, 4) is 0 Å². The van der Waals surface area contributed by atoms with Crippen molar-refractivity contribution < 1.29 is 4.79 Å². The zero-order valence-electron chi connectivity index (χ0n) is 14.9. The molecule has 1 N–H and O–H groups in total. The Morgan fingerprint density at radius 1 is 0.778 bits per heavy atom. The van der Waals surface area contributed by atoms with Crippen molar-refractivity contribution in [1.29, 1.82) is 0 Å². The number of aryl methyl sites for hydroxylation is 1. The number of hydrogen-bond acceptors (Lipinski definition) is 7. The van der Waals surface area contributed by atoms with Crippen LogP contribution in [-0.4, -0.2) is 15.9 Å². The molecule has 0 spiro atoms. The molecule has 0 atom stereocenters. The third-order valence-corrected chi connectivity index (χ3v) is 3.38. The molecule has 0 aliphatic rings. The van der Waals surface area contributed by atoms with Crippen molar-refractivity contribution in [2.75, 3.05) is 5.32 Å². The standard InChI is InChI=1S/C19H17N7O/c1-13-3-5-16(6-4-13)24-26-19-20-11-18(12-21-19)25-23-17-9-7-15(8-10-17)22-14(2)27/h3-12H,1-2H3,(H,22,27). The summed E-state index contributed by atoms with van der Waals surface area (Å²) >= 11 is 0. The molecule has 8 nitrogen and oxygen atoms in total. The van der Waals surface area contributed by atoms with E-state index >= 15 is 0 Å². The second-order valence-corrected chi connectivity index (χ2v) is 5.70. The number of aromatic nitrogens is 2. The Balaban J connectivity index is 1.62. The van der Waals surface area contributed by atoms with Crippen LogP contribution in [-0.2, 0) is 4.79 Å². The molecule has 134 valence electrons. The molecule has 3 rings (SSSR count). The van der Waals surface area contributed by atoms with E-state index in [1.165, 1.54) is 19.3 Å². The molecule has 8 heteroatoms. The number of nitrogens with zero attached hydrogens (tertiary/aromatic N) is 6. The van der Waals surface area contributed by atoms with Gasteiger partial charge in [-0.15, -0.1) is 15.3 Å². The van der Waals surface area contributed by atoms with Gasteiger partial charge < -0.3 is 5.32 Å². The average Bonchev–Trinajstić information content (AvgIpc) is 2.67. The molecule has 1 aromatic heterocycles. The first-order chi connectivity index (χ1) is 13.1. The number of azo groups is 2. The van der Waals surface area contributed by atoms with Crippen LogP contribution in [0.4, 0.5) is 28.7 Å². The van der Waals surface area contributed by atoms with Gasteiger partial charge >= 0.3 is 0 Å². The Hall–Kier alpha value is -3.81. The van der Waals surface area contributed by atoms with Gasteiger partial charge in [-0.3, -0.25) is 4.79 Å². The van der Waals surface area contributed by atoms with Gasteiger partial charge in [0.25, 0.3) is 5.95 Å². The van der Waals surface area contributed by atoms with Crippen molar-refractivity contribution in [2.24, 2.45) is 20.5 Å². The summed E-state index contributed by atoms with van der Waals surface area (Å²) in [6.07, 6.45) is 3.04. The maximum atomic E-state index is 11.0. The van der Waals surface area contributed by atoms with E-state index < -0.39 is 0 Å². The molecule has 0 saturated heterocycles. The number of benzene rings is 2. The number of nitrogens with one attached hydrogen (secondary N) is 1. The molecule has 1 amide bonds. The minimum Gasteiger partial charge on any atom is -0.326 e. The highest BCUT2D eigenvalue weighted by atomic mass is 16.1. The number of amides is 1. The fraction of sp³-hybridized carbons (Fsp3) is 0.105. The quantitative estimate of drug-likeness (QED) is 0.602. The van der Waals surface area contributed by atoms with Crippen LogP contribution in [0.2, 0.25) is 0 Å². The van der Waals surface area contributed by atoms with E-state index in [1.807, 2.05) is 31.2 Å². The van der Waals surface area contributed by atoms with Crippen molar-refractivity contribution in [2.45, 2.75) is 13.8 Å². The molecule has 0 saturated carbocycles. The summed E-state index contributed by atoms with van der Waals surface area (Å²) in [6, 6.07) is 14.7. The maximum Gasteiger partial charge on any atom is 0.268 e. The minimum atomic E-state index is -0.124. The first-order valence-corrected chi connectivity index (χ1v) is 8.18. The predicted molar refractivity (Wildman–Crippen MR) is 102 cm³/mol. The predicted octanol–water partition coefficient (Wildman–Crippen LogP) is 5.57. The molecule has 27 heavy (non-hydrogen) atoms. The van der Waals surface area contributed by atoms with Crippen LogP contribution < -0.4 is 5.32 Å². The normalized spacial score (nSPS) is 11.2. The van der Waals surface area contributed by atoms with Crippen LogP contribution in [0.15, 0.2) is 81.4 Å². The van der Waals surface area contributed by atoms with Crippen LogP contribution in [0.25, 0.3) is 0 Å². The number of anilines is 1. The van der Waals surface area contributed by atoms with Crippen LogP contribution in [0, 0.1) is 6.92 Å². The lowest BCUT2D eigenvalue weighted by Gasteiger charge is -2.00. The van der Waals surface area contributed by atoms with Gasteiger partial charge in [0.15, 0.2) is 0 Å². The van der Waals surface area contributed by atoms with Gasteiger partial charge in [0, 0.05) is 12.6 Å². The topological polar surface area (TPSA) is 104 Å². The lowest BCUT2D eigenvalue weighted by atomic mass is 10.2. The first kappa shape index (κ1) is 18.0. The zero-order valence-corrected chi connectivity index (χ0v) is 14.9. The van der Waals surface area contributed by atoms with Crippen molar-refractivity contribution in [3.05, 3.63) is 66.5 Å². The van der Waals surface area contributed by atoms with Crippen molar-refractivity contribution in [3.63, 3.8) is 0 Å². The van der Waals surface area contributed by atoms with Crippen molar-refractivity contribution >= 4 is 34.6 Å². The summed E-state index contributed by atoms with van der Waals surface area (Å²) < 4.78 is 0. The smallest absolute Gasteiger partial charge is 0.268 e. The summed E-state index contributed by atoms with van der Waals surface area (Å²) in [5, 5.41) is 19.0. The Bertz CT molecular complexity index is 962. The van der Waals surface area contributed by atoms with Gasteiger partial charge in [0.1, 0.15) is 5.69 Å². The Morgan fingerprint density at radius 3 is 1.89 bits per heavy atom. The van der Waals surface area contributed by atoms with E-state index in [0.29, 0.717) is 17.1 Å². The van der Waals surface area contributed by atoms with Gasteiger partial charge in [-0.1, -0.05) is 17.7 Å². The number of hydrogen-bond donors (Lipinski definition) is 1. The Labute approximate surface area is 156 Å². The minimum absolute atomic E-state index is 0.124. The van der Waals surface area contributed by atoms with E-state index in [0.717, 1.165) is 11.3 Å². The summed E-state index contributed by atoms with van der Waals surface area (Å²) in [5.74, 6) is 0.121.